The minimum absolute atomic E-state index is 0.0807. The number of nitrogens with one attached hydrogen (secondary N) is 1. The zero-order chi connectivity index (χ0) is 11.4. The maximum absolute atomic E-state index is 9.73. The summed E-state index contributed by atoms with van der Waals surface area (Å²) in [5.41, 5.74) is 0.0807. The highest BCUT2D eigenvalue weighted by molar-refractivity contribution is 4.74. The van der Waals surface area contributed by atoms with Crippen molar-refractivity contribution in [2.24, 2.45) is 0 Å². The second-order valence-corrected chi connectivity index (χ2v) is 5.32. The molecule has 0 bridgehead atoms. The van der Waals surface area contributed by atoms with Crippen molar-refractivity contribution in [1.29, 1.82) is 0 Å². The maximum Gasteiger partial charge on any atom is 0.0791 e. The fourth-order valence-corrected chi connectivity index (χ4v) is 1.03. The molecule has 0 rings (SSSR count). The van der Waals surface area contributed by atoms with E-state index in [0.717, 1.165) is 6.54 Å². The van der Waals surface area contributed by atoms with E-state index < -0.39 is 0 Å². The second kappa shape index (κ2) is 5.69. The molecule has 3 heteroatoms. The molecule has 0 amide bonds. The van der Waals surface area contributed by atoms with Gasteiger partial charge in [-0.25, -0.2) is 0 Å². The number of aliphatic hydroxyl groups excluding tert-OH is 1. The van der Waals surface area contributed by atoms with E-state index >= 15 is 0 Å². The molecule has 0 spiro atoms. The van der Waals surface area contributed by atoms with Gasteiger partial charge in [-0.05, 0) is 41.7 Å². The van der Waals surface area contributed by atoms with E-state index in [-0.39, 0.29) is 11.6 Å². The van der Waals surface area contributed by atoms with Crippen LogP contribution in [0.5, 0.6) is 0 Å². The molecule has 0 saturated carbocycles. The van der Waals surface area contributed by atoms with Crippen LogP contribution in [0.1, 0.15) is 34.6 Å². The summed E-state index contributed by atoms with van der Waals surface area (Å²) in [6.07, 6.45) is -0.290. The first-order valence-corrected chi connectivity index (χ1v) is 5.35. The van der Waals surface area contributed by atoms with Crippen LogP contribution in [-0.4, -0.2) is 47.8 Å². The Morgan fingerprint density at radius 3 is 2.14 bits per heavy atom. The van der Waals surface area contributed by atoms with Crippen LogP contribution >= 0.6 is 0 Å². The molecular weight excluding hydrogens is 176 g/mol. The van der Waals surface area contributed by atoms with Gasteiger partial charge in [0.15, 0.2) is 0 Å². The van der Waals surface area contributed by atoms with E-state index in [9.17, 15) is 5.11 Å². The average molecular weight is 202 g/mol. The smallest absolute Gasteiger partial charge is 0.0791 e. The second-order valence-electron chi connectivity index (χ2n) is 5.32. The van der Waals surface area contributed by atoms with Crippen molar-refractivity contribution in [2.45, 2.75) is 52.3 Å². The van der Waals surface area contributed by atoms with Gasteiger partial charge in [0.25, 0.3) is 0 Å². The molecule has 0 heterocycles. The summed E-state index contributed by atoms with van der Waals surface area (Å²) in [6, 6.07) is 0.485. The molecule has 2 N–H and O–H groups in total. The van der Waals surface area contributed by atoms with Crippen LogP contribution in [0, 0.1) is 0 Å². The Balaban J connectivity index is 3.71. The first-order chi connectivity index (χ1) is 6.22. The Morgan fingerprint density at radius 2 is 1.79 bits per heavy atom. The van der Waals surface area contributed by atoms with Crippen molar-refractivity contribution in [2.75, 3.05) is 20.1 Å². The van der Waals surface area contributed by atoms with Crippen molar-refractivity contribution < 1.29 is 5.11 Å². The fourth-order valence-electron chi connectivity index (χ4n) is 1.03. The minimum atomic E-state index is -0.290. The Morgan fingerprint density at radius 1 is 1.29 bits per heavy atom. The van der Waals surface area contributed by atoms with Crippen LogP contribution in [0.4, 0.5) is 0 Å². The third-order valence-corrected chi connectivity index (χ3v) is 2.25. The molecule has 0 aliphatic rings. The van der Waals surface area contributed by atoms with E-state index in [0.29, 0.717) is 12.6 Å². The first kappa shape index (κ1) is 13.9. The molecule has 0 aromatic rings. The lowest BCUT2D eigenvalue weighted by Crippen LogP contribution is -2.45. The lowest BCUT2D eigenvalue weighted by atomic mass is 10.1. The average Bonchev–Trinajstić information content (AvgIpc) is 1.99. The molecule has 0 aromatic heterocycles. The zero-order valence-electron chi connectivity index (χ0n) is 10.5. The van der Waals surface area contributed by atoms with Crippen molar-refractivity contribution in [3.8, 4) is 0 Å². The number of likely N-dealkylation sites (N-methyl/N-ethyl adjacent to an activating group) is 1. The van der Waals surface area contributed by atoms with Crippen LogP contribution in [0.25, 0.3) is 0 Å². The number of hydrogen-bond acceptors (Lipinski definition) is 3. The lowest BCUT2D eigenvalue weighted by molar-refractivity contribution is 0.104. The summed E-state index contributed by atoms with van der Waals surface area (Å²) >= 11 is 0. The summed E-state index contributed by atoms with van der Waals surface area (Å²) in [4.78, 5) is 2.15. The maximum atomic E-state index is 9.73. The summed E-state index contributed by atoms with van der Waals surface area (Å²) in [5.74, 6) is 0. The molecule has 1 unspecified atom stereocenters. The van der Waals surface area contributed by atoms with Crippen molar-refractivity contribution in [3.05, 3.63) is 0 Å². The summed E-state index contributed by atoms with van der Waals surface area (Å²) in [7, 11) is 2.03. The van der Waals surface area contributed by atoms with Crippen LogP contribution in [0.15, 0.2) is 0 Å². The third kappa shape index (κ3) is 7.30. The highest BCUT2D eigenvalue weighted by Crippen LogP contribution is 2.00. The van der Waals surface area contributed by atoms with Gasteiger partial charge in [0, 0.05) is 24.7 Å². The SMILES string of the molecule is CC(C)N(C)CC(O)CNC(C)(C)C. The summed E-state index contributed by atoms with van der Waals surface area (Å²) in [5, 5.41) is 13.0. The van der Waals surface area contributed by atoms with E-state index in [1.807, 2.05) is 7.05 Å². The Hall–Kier alpha value is -0.120. The van der Waals surface area contributed by atoms with Gasteiger partial charge in [0.1, 0.15) is 0 Å². The number of β-amino-alcohol motifs (C(OH)–C–C–N with tert-alkyl or cyclic N) is 1. The predicted octanol–water partition coefficient (Wildman–Crippen LogP) is 1.08. The van der Waals surface area contributed by atoms with E-state index in [1.165, 1.54) is 0 Å². The van der Waals surface area contributed by atoms with Crippen LogP contribution < -0.4 is 5.32 Å². The van der Waals surface area contributed by atoms with Crippen molar-refractivity contribution in [1.82, 2.24) is 10.2 Å². The molecule has 0 saturated heterocycles. The topological polar surface area (TPSA) is 35.5 Å². The van der Waals surface area contributed by atoms with E-state index in [4.69, 9.17) is 0 Å². The molecule has 3 nitrogen and oxygen atoms in total. The van der Waals surface area contributed by atoms with Crippen molar-refractivity contribution in [3.63, 3.8) is 0 Å². The summed E-state index contributed by atoms with van der Waals surface area (Å²) < 4.78 is 0. The minimum Gasteiger partial charge on any atom is -0.390 e. The highest BCUT2D eigenvalue weighted by atomic mass is 16.3. The van der Waals surface area contributed by atoms with Crippen LogP contribution in [-0.2, 0) is 0 Å². The van der Waals surface area contributed by atoms with Gasteiger partial charge in [-0.15, -0.1) is 0 Å². The Labute approximate surface area is 88.5 Å². The molecule has 14 heavy (non-hydrogen) atoms. The molecule has 0 aromatic carbocycles. The zero-order valence-corrected chi connectivity index (χ0v) is 10.5. The number of nitrogens with zero attached hydrogens (tertiary/aromatic N) is 1. The van der Waals surface area contributed by atoms with Gasteiger partial charge in [-0.2, -0.15) is 0 Å². The standard InChI is InChI=1S/C11H26N2O/c1-9(2)13(6)8-10(14)7-12-11(3,4)5/h9-10,12,14H,7-8H2,1-6H3. The predicted molar refractivity (Wildman–Crippen MR) is 61.5 cm³/mol. The van der Waals surface area contributed by atoms with Crippen LogP contribution in [0.2, 0.25) is 0 Å². The van der Waals surface area contributed by atoms with Crippen molar-refractivity contribution >= 4 is 0 Å². The van der Waals surface area contributed by atoms with Crippen LogP contribution in [0.3, 0.4) is 0 Å². The summed E-state index contributed by atoms with van der Waals surface area (Å²) in [6.45, 7) is 11.9. The highest BCUT2D eigenvalue weighted by Gasteiger charge is 2.14. The Kier molecular flexibility index (Phi) is 5.64. The van der Waals surface area contributed by atoms with Gasteiger partial charge in [0.05, 0.1) is 6.10 Å². The molecule has 0 radical (unpaired) electrons. The largest absolute Gasteiger partial charge is 0.390 e. The van der Waals surface area contributed by atoms with E-state index in [2.05, 4.69) is 44.8 Å². The lowest BCUT2D eigenvalue weighted by Gasteiger charge is -2.27. The van der Waals surface area contributed by atoms with E-state index in [1.54, 1.807) is 0 Å². The molecule has 0 aliphatic carbocycles. The third-order valence-electron chi connectivity index (χ3n) is 2.25. The number of rotatable bonds is 5. The number of hydrogen-bond donors (Lipinski definition) is 2. The molecule has 0 fully saturated rings. The number of aliphatic hydroxyl groups is 1. The van der Waals surface area contributed by atoms with Gasteiger partial charge < -0.3 is 15.3 Å². The van der Waals surface area contributed by atoms with Gasteiger partial charge in [-0.1, -0.05) is 0 Å². The normalized spacial score (nSPS) is 15.2. The fraction of sp³-hybridized carbons (Fsp3) is 1.00. The molecular formula is C11H26N2O. The van der Waals surface area contributed by atoms with Gasteiger partial charge in [-0.3, -0.25) is 0 Å². The quantitative estimate of drug-likeness (QED) is 0.700. The monoisotopic (exact) mass is 202 g/mol. The molecule has 0 aliphatic heterocycles. The van der Waals surface area contributed by atoms with Gasteiger partial charge >= 0.3 is 0 Å². The first-order valence-electron chi connectivity index (χ1n) is 5.35. The van der Waals surface area contributed by atoms with Gasteiger partial charge in [0.2, 0.25) is 0 Å². The Bertz CT molecular complexity index is 152. The molecule has 1 atom stereocenters. The molecule has 86 valence electrons.